The van der Waals surface area contributed by atoms with Crippen LogP contribution in [0.4, 0.5) is 5.69 Å². The summed E-state index contributed by atoms with van der Waals surface area (Å²) in [4.78, 5) is 4.53. The van der Waals surface area contributed by atoms with Gasteiger partial charge in [-0.15, -0.1) is 0 Å². The molecule has 0 radical (unpaired) electrons. The Morgan fingerprint density at radius 1 is 1.04 bits per heavy atom. The van der Waals surface area contributed by atoms with Crippen molar-refractivity contribution in [2.24, 2.45) is 0 Å². The maximum absolute atomic E-state index is 10.3. The Morgan fingerprint density at radius 2 is 1.69 bits per heavy atom. The Hall–Kier alpha value is -1.46. The highest BCUT2D eigenvalue weighted by molar-refractivity contribution is 6.35. The second-order valence-corrected chi connectivity index (χ2v) is 7.52. The second-order valence-electron chi connectivity index (χ2n) is 6.65. The van der Waals surface area contributed by atoms with Crippen LogP contribution >= 0.6 is 23.2 Å². The number of benzene rings is 2. The number of β-amino-alcohol motifs (C(OH)–C–C–N with tert-alkyl or cyclic N) is 1. The molecule has 2 aromatic rings. The molecule has 1 N–H and O–H groups in total. The van der Waals surface area contributed by atoms with Crippen LogP contribution in [0.3, 0.4) is 0 Å². The Balaban J connectivity index is 1.45. The van der Waals surface area contributed by atoms with Crippen molar-refractivity contribution in [3.8, 4) is 5.75 Å². The van der Waals surface area contributed by atoms with E-state index in [4.69, 9.17) is 27.9 Å². The Bertz CT molecular complexity index is 713. The molecule has 0 amide bonds. The zero-order valence-electron chi connectivity index (χ0n) is 14.9. The minimum atomic E-state index is -0.512. The lowest BCUT2D eigenvalue weighted by Crippen LogP contribution is -2.49. The van der Waals surface area contributed by atoms with E-state index < -0.39 is 6.10 Å². The van der Waals surface area contributed by atoms with Gasteiger partial charge in [0.1, 0.15) is 18.5 Å². The number of aryl methyl sites for hydroxylation is 1. The molecule has 2 aromatic carbocycles. The van der Waals surface area contributed by atoms with Crippen molar-refractivity contribution in [1.29, 1.82) is 0 Å². The summed E-state index contributed by atoms with van der Waals surface area (Å²) in [5.74, 6) is 0.828. The number of piperazine rings is 1. The van der Waals surface area contributed by atoms with Crippen LogP contribution in [0.2, 0.25) is 10.0 Å². The number of anilines is 1. The van der Waals surface area contributed by atoms with Gasteiger partial charge < -0.3 is 14.7 Å². The highest BCUT2D eigenvalue weighted by atomic mass is 35.5. The molecule has 0 aromatic heterocycles. The van der Waals surface area contributed by atoms with Gasteiger partial charge in [0.25, 0.3) is 0 Å². The van der Waals surface area contributed by atoms with E-state index in [2.05, 4.69) is 9.80 Å². The fourth-order valence-corrected chi connectivity index (χ4v) is 3.68. The first kappa shape index (κ1) is 19.3. The minimum Gasteiger partial charge on any atom is -0.491 e. The van der Waals surface area contributed by atoms with Gasteiger partial charge in [-0.25, -0.2) is 0 Å². The topological polar surface area (TPSA) is 35.9 Å². The molecule has 1 unspecified atom stereocenters. The van der Waals surface area contributed by atoms with E-state index in [1.807, 2.05) is 43.3 Å². The fourth-order valence-electron chi connectivity index (χ4n) is 3.17. The molecule has 1 heterocycles. The summed E-state index contributed by atoms with van der Waals surface area (Å²) >= 11 is 12.2. The average Bonchev–Trinajstić information content (AvgIpc) is 2.61. The quantitative estimate of drug-likeness (QED) is 0.806. The summed E-state index contributed by atoms with van der Waals surface area (Å²) < 4.78 is 5.74. The number of ether oxygens (including phenoxy) is 1. The van der Waals surface area contributed by atoms with Gasteiger partial charge >= 0.3 is 0 Å². The molecule has 0 saturated carbocycles. The summed E-state index contributed by atoms with van der Waals surface area (Å²) in [6.07, 6.45) is -0.512. The SMILES string of the molecule is Cc1ccccc1OCC(O)CN1CCN(c2cc(Cl)cc(Cl)c2)CC1. The Kier molecular flexibility index (Phi) is 6.65. The minimum absolute atomic E-state index is 0.301. The third-order valence-corrected chi connectivity index (χ3v) is 5.01. The average molecular weight is 395 g/mol. The highest BCUT2D eigenvalue weighted by Crippen LogP contribution is 2.26. The highest BCUT2D eigenvalue weighted by Gasteiger charge is 2.20. The van der Waals surface area contributed by atoms with E-state index in [-0.39, 0.29) is 0 Å². The largest absolute Gasteiger partial charge is 0.491 e. The third kappa shape index (κ3) is 5.27. The summed E-state index contributed by atoms with van der Waals surface area (Å²) in [5.41, 5.74) is 2.12. The lowest BCUT2D eigenvalue weighted by Gasteiger charge is -2.37. The van der Waals surface area contributed by atoms with Gasteiger partial charge in [0.05, 0.1) is 0 Å². The normalized spacial score (nSPS) is 16.5. The number of aliphatic hydroxyl groups excluding tert-OH is 1. The molecule has 0 bridgehead atoms. The first-order valence-electron chi connectivity index (χ1n) is 8.81. The molecule has 1 saturated heterocycles. The van der Waals surface area contributed by atoms with Crippen molar-refractivity contribution in [2.75, 3.05) is 44.2 Å². The van der Waals surface area contributed by atoms with Gasteiger partial charge in [-0.3, -0.25) is 4.90 Å². The predicted molar refractivity (Wildman–Crippen MR) is 108 cm³/mol. The molecule has 26 heavy (non-hydrogen) atoms. The van der Waals surface area contributed by atoms with Crippen molar-refractivity contribution < 1.29 is 9.84 Å². The molecule has 4 nitrogen and oxygen atoms in total. The number of rotatable bonds is 6. The van der Waals surface area contributed by atoms with E-state index in [0.29, 0.717) is 23.2 Å². The maximum Gasteiger partial charge on any atom is 0.122 e. The molecule has 1 atom stereocenters. The van der Waals surface area contributed by atoms with Crippen LogP contribution in [0.1, 0.15) is 5.56 Å². The summed E-state index contributed by atoms with van der Waals surface area (Å²) in [7, 11) is 0. The number of halogens is 2. The van der Waals surface area contributed by atoms with E-state index in [1.165, 1.54) is 0 Å². The fraction of sp³-hybridized carbons (Fsp3) is 0.400. The molecule has 1 fully saturated rings. The van der Waals surface area contributed by atoms with Gasteiger partial charge in [0.15, 0.2) is 0 Å². The molecule has 6 heteroatoms. The van der Waals surface area contributed by atoms with E-state index in [9.17, 15) is 5.11 Å². The van der Waals surface area contributed by atoms with Crippen LogP contribution in [-0.4, -0.2) is 55.4 Å². The van der Waals surface area contributed by atoms with Crippen LogP contribution in [0.25, 0.3) is 0 Å². The van der Waals surface area contributed by atoms with Crippen molar-refractivity contribution >= 4 is 28.9 Å². The van der Waals surface area contributed by atoms with Crippen LogP contribution < -0.4 is 9.64 Å². The lowest BCUT2D eigenvalue weighted by molar-refractivity contribution is 0.0661. The lowest BCUT2D eigenvalue weighted by atomic mass is 10.2. The first-order chi connectivity index (χ1) is 12.5. The molecule has 140 valence electrons. The zero-order valence-corrected chi connectivity index (χ0v) is 16.4. The van der Waals surface area contributed by atoms with Crippen LogP contribution in [0.15, 0.2) is 42.5 Å². The number of aliphatic hydroxyl groups is 1. The summed E-state index contributed by atoms with van der Waals surface area (Å²) in [6, 6.07) is 13.5. The van der Waals surface area contributed by atoms with Crippen LogP contribution in [0.5, 0.6) is 5.75 Å². The van der Waals surface area contributed by atoms with Crippen molar-refractivity contribution in [3.63, 3.8) is 0 Å². The van der Waals surface area contributed by atoms with Gasteiger partial charge in [0, 0.05) is 48.5 Å². The molecule has 1 aliphatic heterocycles. The van der Waals surface area contributed by atoms with E-state index >= 15 is 0 Å². The molecule has 0 spiro atoms. The van der Waals surface area contributed by atoms with E-state index in [1.54, 1.807) is 6.07 Å². The number of nitrogens with zero attached hydrogens (tertiary/aromatic N) is 2. The molecular formula is C20H24Cl2N2O2. The second kappa shape index (κ2) is 8.96. The van der Waals surface area contributed by atoms with E-state index in [0.717, 1.165) is 43.2 Å². The predicted octanol–water partition coefficient (Wildman–Crippen LogP) is 3.86. The summed E-state index contributed by atoms with van der Waals surface area (Å²) in [6.45, 7) is 6.43. The zero-order chi connectivity index (χ0) is 18.5. The van der Waals surface area contributed by atoms with Gasteiger partial charge in [-0.1, -0.05) is 41.4 Å². The van der Waals surface area contributed by atoms with Crippen molar-refractivity contribution in [3.05, 3.63) is 58.1 Å². The number of hydrogen-bond acceptors (Lipinski definition) is 4. The maximum atomic E-state index is 10.3. The summed E-state index contributed by atoms with van der Waals surface area (Å²) in [5, 5.41) is 11.6. The van der Waals surface area contributed by atoms with Crippen molar-refractivity contribution in [1.82, 2.24) is 4.90 Å². The molecule has 0 aliphatic carbocycles. The Morgan fingerprint density at radius 3 is 2.35 bits per heavy atom. The Labute approximate surface area is 164 Å². The monoisotopic (exact) mass is 394 g/mol. The first-order valence-corrected chi connectivity index (χ1v) is 9.57. The smallest absolute Gasteiger partial charge is 0.122 e. The number of hydrogen-bond donors (Lipinski definition) is 1. The standard InChI is InChI=1S/C20H24Cl2N2O2/c1-15-4-2-3-5-20(15)26-14-19(25)13-23-6-8-24(9-7-23)18-11-16(21)10-17(22)12-18/h2-5,10-12,19,25H,6-9,13-14H2,1H3. The van der Waals surface area contributed by atoms with Gasteiger partial charge in [-0.05, 0) is 36.8 Å². The van der Waals surface area contributed by atoms with Gasteiger partial charge in [0.2, 0.25) is 0 Å². The third-order valence-electron chi connectivity index (χ3n) is 4.58. The molecule has 1 aliphatic rings. The van der Waals surface area contributed by atoms with Gasteiger partial charge in [-0.2, -0.15) is 0 Å². The number of para-hydroxylation sites is 1. The molecular weight excluding hydrogens is 371 g/mol. The van der Waals surface area contributed by atoms with Crippen LogP contribution in [-0.2, 0) is 0 Å². The van der Waals surface area contributed by atoms with Crippen molar-refractivity contribution in [2.45, 2.75) is 13.0 Å². The van der Waals surface area contributed by atoms with Crippen LogP contribution in [0, 0.1) is 6.92 Å². The molecule has 3 rings (SSSR count).